The molecule has 1 heterocycles. The predicted molar refractivity (Wildman–Crippen MR) is 53.1 cm³/mol. The highest BCUT2D eigenvalue weighted by Gasteiger charge is 2.14. The van der Waals surface area contributed by atoms with Crippen LogP contribution in [-0.4, -0.2) is 9.79 Å². The van der Waals surface area contributed by atoms with E-state index in [1.165, 1.54) is 11.3 Å². The number of hydrogen-bond acceptors (Lipinski definition) is 3. The second-order valence-electron chi connectivity index (χ2n) is 2.41. The van der Waals surface area contributed by atoms with Crippen molar-refractivity contribution in [3.63, 3.8) is 0 Å². The molecule has 68 valence electrons. The quantitative estimate of drug-likeness (QED) is 0.754. The predicted octanol–water partition coefficient (Wildman–Crippen LogP) is 1.95. The van der Waals surface area contributed by atoms with Gasteiger partial charge in [-0.15, -0.1) is 11.3 Å². The Hall–Kier alpha value is 0.0700. The van der Waals surface area contributed by atoms with Crippen LogP contribution >= 0.6 is 18.1 Å². The van der Waals surface area contributed by atoms with Gasteiger partial charge in [0.15, 0.2) is 5.06 Å². The standard InChI is InChI=1S/C6H9O3PS2/c1-4-3-12-6(5(4)2)9-10(7,8)11/h3H,1-2H3,(H2,7,8,11). The van der Waals surface area contributed by atoms with Gasteiger partial charge in [-0.2, -0.15) is 0 Å². The molecule has 0 aliphatic rings. The van der Waals surface area contributed by atoms with Crippen molar-refractivity contribution < 1.29 is 14.3 Å². The summed E-state index contributed by atoms with van der Waals surface area (Å²) in [4.78, 5) is 17.7. The highest BCUT2D eigenvalue weighted by Crippen LogP contribution is 2.42. The lowest BCUT2D eigenvalue weighted by molar-refractivity contribution is 0.374. The summed E-state index contributed by atoms with van der Waals surface area (Å²) in [5.74, 6) is 0. The van der Waals surface area contributed by atoms with Gasteiger partial charge in [-0.1, -0.05) is 0 Å². The summed E-state index contributed by atoms with van der Waals surface area (Å²) < 4.78 is 4.81. The van der Waals surface area contributed by atoms with Gasteiger partial charge in [-0.05, 0) is 24.8 Å². The highest BCUT2D eigenvalue weighted by atomic mass is 32.5. The Morgan fingerprint density at radius 2 is 2.08 bits per heavy atom. The highest BCUT2D eigenvalue weighted by molar-refractivity contribution is 8.06. The molecule has 3 nitrogen and oxygen atoms in total. The monoisotopic (exact) mass is 224 g/mol. The smallest absolute Gasteiger partial charge is 0.375 e. The average Bonchev–Trinajstić information content (AvgIpc) is 2.16. The van der Waals surface area contributed by atoms with Crippen molar-refractivity contribution in [2.24, 2.45) is 0 Å². The van der Waals surface area contributed by atoms with Gasteiger partial charge >= 0.3 is 6.72 Å². The van der Waals surface area contributed by atoms with Crippen LogP contribution in [0, 0.1) is 13.8 Å². The maximum Gasteiger partial charge on any atom is 0.375 e. The van der Waals surface area contributed by atoms with Crippen LogP contribution < -0.4 is 4.52 Å². The molecule has 1 rings (SSSR count). The fraction of sp³-hybridized carbons (Fsp3) is 0.333. The molecule has 0 unspecified atom stereocenters. The molecular weight excluding hydrogens is 215 g/mol. The van der Waals surface area contributed by atoms with Crippen LogP contribution in [-0.2, 0) is 11.8 Å². The normalized spacial score (nSPS) is 11.7. The van der Waals surface area contributed by atoms with Gasteiger partial charge in [0.05, 0.1) is 0 Å². The van der Waals surface area contributed by atoms with Crippen molar-refractivity contribution in [2.75, 3.05) is 0 Å². The molecule has 0 aromatic carbocycles. The lowest BCUT2D eigenvalue weighted by atomic mass is 10.2. The van der Waals surface area contributed by atoms with Crippen LogP contribution in [0.2, 0.25) is 0 Å². The van der Waals surface area contributed by atoms with E-state index in [9.17, 15) is 0 Å². The Labute approximate surface area is 79.9 Å². The third-order valence-corrected chi connectivity index (χ3v) is 3.28. The van der Waals surface area contributed by atoms with E-state index in [-0.39, 0.29) is 0 Å². The summed E-state index contributed by atoms with van der Waals surface area (Å²) in [7, 11) is 0. The summed E-state index contributed by atoms with van der Waals surface area (Å²) in [6.07, 6.45) is 0. The van der Waals surface area contributed by atoms with Crippen molar-refractivity contribution >= 4 is 29.9 Å². The Bertz CT molecular complexity index is 328. The fourth-order valence-electron chi connectivity index (χ4n) is 0.678. The topological polar surface area (TPSA) is 49.7 Å². The molecule has 0 saturated heterocycles. The molecule has 0 spiro atoms. The largest absolute Gasteiger partial charge is 0.414 e. The molecule has 0 fully saturated rings. The molecule has 1 aromatic heterocycles. The number of rotatable bonds is 2. The Morgan fingerprint density at radius 3 is 2.42 bits per heavy atom. The van der Waals surface area contributed by atoms with E-state index in [0.29, 0.717) is 5.06 Å². The van der Waals surface area contributed by atoms with E-state index in [2.05, 4.69) is 11.8 Å². The minimum Gasteiger partial charge on any atom is -0.414 e. The zero-order valence-electron chi connectivity index (χ0n) is 6.64. The Morgan fingerprint density at radius 1 is 1.50 bits per heavy atom. The lowest BCUT2D eigenvalue weighted by Gasteiger charge is -2.08. The molecule has 0 aliphatic heterocycles. The van der Waals surface area contributed by atoms with E-state index in [1.54, 1.807) is 0 Å². The molecule has 0 atom stereocenters. The molecule has 0 radical (unpaired) electrons. The SMILES string of the molecule is Cc1csc(OP(O)(O)=S)c1C. The summed E-state index contributed by atoms with van der Waals surface area (Å²) in [5.41, 5.74) is 1.98. The van der Waals surface area contributed by atoms with Crippen LogP contribution in [0.4, 0.5) is 0 Å². The van der Waals surface area contributed by atoms with Gasteiger partial charge in [0.2, 0.25) is 0 Å². The van der Waals surface area contributed by atoms with Crippen molar-refractivity contribution in [1.29, 1.82) is 0 Å². The van der Waals surface area contributed by atoms with Crippen molar-refractivity contribution in [3.8, 4) is 5.06 Å². The average molecular weight is 224 g/mol. The first-order chi connectivity index (χ1) is 5.40. The number of aryl methyl sites for hydroxylation is 1. The molecule has 0 aliphatic carbocycles. The van der Waals surface area contributed by atoms with Gasteiger partial charge in [0, 0.05) is 17.4 Å². The van der Waals surface area contributed by atoms with E-state index in [4.69, 9.17) is 14.3 Å². The minimum absolute atomic E-state index is 0.501. The second kappa shape index (κ2) is 3.44. The third-order valence-electron chi connectivity index (χ3n) is 1.44. The summed E-state index contributed by atoms with van der Waals surface area (Å²) in [5, 5.41) is 2.39. The molecule has 0 bridgehead atoms. The van der Waals surface area contributed by atoms with Crippen LogP contribution in [0.3, 0.4) is 0 Å². The number of thiophene rings is 1. The fourth-order valence-corrected chi connectivity index (χ4v) is 2.68. The van der Waals surface area contributed by atoms with E-state index in [1.807, 2.05) is 19.2 Å². The molecule has 0 saturated carbocycles. The summed E-state index contributed by atoms with van der Waals surface area (Å²) in [6, 6.07) is 0. The lowest BCUT2D eigenvalue weighted by Crippen LogP contribution is -1.88. The molecule has 6 heteroatoms. The van der Waals surface area contributed by atoms with Gasteiger partial charge in [-0.25, -0.2) is 0 Å². The van der Waals surface area contributed by atoms with Gasteiger partial charge < -0.3 is 14.3 Å². The van der Waals surface area contributed by atoms with Crippen LogP contribution in [0.5, 0.6) is 5.06 Å². The van der Waals surface area contributed by atoms with Crippen molar-refractivity contribution in [2.45, 2.75) is 13.8 Å². The molecule has 0 amide bonds. The molecular formula is C6H9O3PS2. The zero-order valence-corrected chi connectivity index (χ0v) is 9.17. The van der Waals surface area contributed by atoms with Gasteiger partial charge in [0.25, 0.3) is 0 Å². The Kier molecular flexibility index (Phi) is 2.91. The Balaban J connectivity index is 2.91. The molecule has 1 aromatic rings. The summed E-state index contributed by atoms with van der Waals surface area (Å²) in [6.45, 7) is 0.223. The van der Waals surface area contributed by atoms with E-state index >= 15 is 0 Å². The minimum atomic E-state index is -3.56. The van der Waals surface area contributed by atoms with Crippen LogP contribution in [0.15, 0.2) is 5.38 Å². The van der Waals surface area contributed by atoms with Crippen LogP contribution in [0.25, 0.3) is 0 Å². The molecule has 12 heavy (non-hydrogen) atoms. The maximum absolute atomic E-state index is 8.87. The first-order valence-electron chi connectivity index (χ1n) is 3.20. The maximum atomic E-state index is 8.87. The van der Waals surface area contributed by atoms with E-state index < -0.39 is 6.72 Å². The third kappa shape index (κ3) is 2.54. The zero-order chi connectivity index (χ0) is 9.35. The summed E-state index contributed by atoms with van der Waals surface area (Å²) >= 11 is 5.66. The first-order valence-corrected chi connectivity index (χ1v) is 6.70. The van der Waals surface area contributed by atoms with Crippen molar-refractivity contribution in [3.05, 3.63) is 16.5 Å². The van der Waals surface area contributed by atoms with Crippen molar-refractivity contribution in [1.82, 2.24) is 0 Å². The number of hydrogen-bond donors (Lipinski definition) is 2. The molecule has 2 N–H and O–H groups in total. The van der Waals surface area contributed by atoms with Gasteiger partial charge in [0.1, 0.15) is 0 Å². The van der Waals surface area contributed by atoms with E-state index in [0.717, 1.165) is 11.1 Å². The van der Waals surface area contributed by atoms with Crippen LogP contribution in [0.1, 0.15) is 11.1 Å². The second-order valence-corrected chi connectivity index (χ2v) is 5.85. The van der Waals surface area contributed by atoms with Gasteiger partial charge in [-0.3, -0.25) is 0 Å². The first kappa shape index (κ1) is 10.2.